The van der Waals surface area contributed by atoms with Crippen LogP contribution in [0.2, 0.25) is 0 Å². The van der Waals surface area contributed by atoms with E-state index in [0.717, 1.165) is 26.9 Å². The zero-order chi connectivity index (χ0) is 23.4. The molecule has 0 bridgehead atoms. The van der Waals surface area contributed by atoms with Crippen LogP contribution in [0.25, 0.3) is 0 Å². The van der Waals surface area contributed by atoms with E-state index in [1.165, 1.54) is 11.8 Å². The molecule has 0 fully saturated rings. The van der Waals surface area contributed by atoms with Gasteiger partial charge in [0.2, 0.25) is 5.91 Å². The molecule has 32 heavy (non-hydrogen) atoms. The van der Waals surface area contributed by atoms with Crippen LogP contribution in [0.15, 0.2) is 46.0 Å². The summed E-state index contributed by atoms with van der Waals surface area (Å²) in [5, 5.41) is 15.0. The summed E-state index contributed by atoms with van der Waals surface area (Å²) in [5.74, 6) is 0.533. The Balaban J connectivity index is 1.61. The molecule has 1 atom stereocenters. The van der Waals surface area contributed by atoms with Gasteiger partial charge < -0.3 is 15.2 Å². The third-order valence-electron chi connectivity index (χ3n) is 4.98. The van der Waals surface area contributed by atoms with Crippen LogP contribution in [-0.2, 0) is 11.8 Å². The number of benzene rings is 2. The molecule has 9 heteroatoms. The Morgan fingerprint density at radius 1 is 1.12 bits per heavy atom. The number of aryl methyl sites for hydroxylation is 3. The zero-order valence-corrected chi connectivity index (χ0v) is 21.1. The number of hydrogen-bond acceptors (Lipinski definition) is 5. The first kappa shape index (κ1) is 24.0. The van der Waals surface area contributed by atoms with Crippen molar-refractivity contribution in [3.63, 3.8) is 0 Å². The van der Waals surface area contributed by atoms with Crippen LogP contribution in [0.4, 0.5) is 5.69 Å². The van der Waals surface area contributed by atoms with E-state index in [1.807, 2.05) is 65.1 Å². The summed E-state index contributed by atoms with van der Waals surface area (Å²) in [5.41, 5.74) is 4.44. The van der Waals surface area contributed by atoms with Crippen molar-refractivity contribution in [1.82, 2.24) is 20.1 Å². The molecular weight excluding hydrogens is 490 g/mol. The molecule has 1 aromatic heterocycles. The summed E-state index contributed by atoms with van der Waals surface area (Å²) in [6.45, 7) is 7.73. The maximum Gasteiger partial charge on any atom is 0.251 e. The van der Waals surface area contributed by atoms with E-state index in [1.54, 1.807) is 10.6 Å². The first-order valence-corrected chi connectivity index (χ1v) is 11.9. The number of carbonyl (C=O) groups excluding carboxylic acids is 2. The minimum Gasteiger partial charge on any atom is -0.342 e. The normalized spacial score (nSPS) is 11.8. The quantitative estimate of drug-likeness (QED) is 0.444. The first-order valence-electron chi connectivity index (χ1n) is 10.1. The summed E-state index contributed by atoms with van der Waals surface area (Å²) in [7, 11) is 1.83. The number of anilines is 1. The fourth-order valence-corrected chi connectivity index (χ4v) is 4.78. The van der Waals surface area contributed by atoms with Crippen molar-refractivity contribution in [3.05, 3.63) is 68.9 Å². The SMILES string of the molecule is Cc1cccc(C(=O)N[C@@H](C)c2nnc(SCC(=O)Nc3c(C)cc(Br)cc3C)n2C)c1. The lowest BCUT2D eigenvalue weighted by atomic mass is 10.1. The van der Waals surface area contributed by atoms with Crippen LogP contribution in [0.5, 0.6) is 0 Å². The molecule has 3 rings (SSSR count). The summed E-state index contributed by atoms with van der Waals surface area (Å²) in [6.07, 6.45) is 0. The highest BCUT2D eigenvalue weighted by Crippen LogP contribution is 2.26. The molecule has 0 aliphatic carbocycles. The molecule has 0 aliphatic rings. The number of nitrogens with one attached hydrogen (secondary N) is 2. The van der Waals surface area contributed by atoms with Gasteiger partial charge in [-0.25, -0.2) is 0 Å². The van der Waals surface area contributed by atoms with Crippen molar-refractivity contribution < 1.29 is 9.59 Å². The van der Waals surface area contributed by atoms with Gasteiger partial charge in [0, 0.05) is 22.8 Å². The Kier molecular flexibility index (Phi) is 7.73. The maximum absolute atomic E-state index is 12.5. The Labute approximate surface area is 200 Å². The van der Waals surface area contributed by atoms with Gasteiger partial charge in [0.1, 0.15) is 0 Å². The summed E-state index contributed by atoms with van der Waals surface area (Å²) >= 11 is 4.77. The van der Waals surface area contributed by atoms with Gasteiger partial charge in [0.05, 0.1) is 11.8 Å². The first-order chi connectivity index (χ1) is 15.2. The Bertz CT molecular complexity index is 1140. The van der Waals surface area contributed by atoms with Crippen molar-refractivity contribution in [2.45, 2.75) is 38.9 Å². The molecule has 0 saturated carbocycles. The highest BCUT2D eigenvalue weighted by molar-refractivity contribution is 9.10. The molecule has 0 aliphatic heterocycles. The van der Waals surface area contributed by atoms with Crippen molar-refractivity contribution in [2.24, 2.45) is 7.05 Å². The van der Waals surface area contributed by atoms with Crippen LogP contribution < -0.4 is 10.6 Å². The lowest BCUT2D eigenvalue weighted by Gasteiger charge is -2.14. The predicted molar refractivity (Wildman–Crippen MR) is 131 cm³/mol. The predicted octanol–water partition coefficient (Wildman–Crippen LogP) is 4.72. The van der Waals surface area contributed by atoms with Crippen molar-refractivity contribution in [3.8, 4) is 0 Å². The zero-order valence-electron chi connectivity index (χ0n) is 18.7. The number of carbonyl (C=O) groups is 2. The van der Waals surface area contributed by atoms with Gasteiger partial charge in [-0.15, -0.1) is 10.2 Å². The fraction of sp³-hybridized carbons (Fsp3) is 0.304. The maximum atomic E-state index is 12.5. The Morgan fingerprint density at radius 3 is 2.47 bits per heavy atom. The van der Waals surface area contributed by atoms with Gasteiger partial charge in [-0.2, -0.15) is 0 Å². The minimum absolute atomic E-state index is 0.117. The summed E-state index contributed by atoms with van der Waals surface area (Å²) in [6, 6.07) is 11.0. The van der Waals surface area contributed by atoms with Gasteiger partial charge in [0.25, 0.3) is 5.91 Å². The molecule has 0 saturated heterocycles. The molecule has 1 heterocycles. The molecule has 3 aromatic rings. The second kappa shape index (κ2) is 10.3. The number of thioether (sulfide) groups is 1. The lowest BCUT2D eigenvalue weighted by molar-refractivity contribution is -0.113. The molecule has 0 unspecified atom stereocenters. The molecular formula is C23H26BrN5O2S. The second-order valence-corrected chi connectivity index (χ2v) is 9.57. The number of nitrogens with zero attached hydrogens (tertiary/aromatic N) is 3. The number of halogens is 1. The van der Waals surface area contributed by atoms with Gasteiger partial charge >= 0.3 is 0 Å². The largest absolute Gasteiger partial charge is 0.342 e. The van der Waals surface area contributed by atoms with Crippen molar-refractivity contribution in [2.75, 3.05) is 11.1 Å². The monoisotopic (exact) mass is 515 g/mol. The van der Waals surface area contributed by atoms with Gasteiger partial charge in [-0.05, 0) is 63.1 Å². The average Bonchev–Trinajstić information content (AvgIpc) is 3.09. The number of amides is 2. The van der Waals surface area contributed by atoms with E-state index in [-0.39, 0.29) is 23.6 Å². The molecule has 0 spiro atoms. The van der Waals surface area contributed by atoms with E-state index < -0.39 is 0 Å². The Hall–Kier alpha value is -2.65. The van der Waals surface area contributed by atoms with Gasteiger partial charge in [-0.1, -0.05) is 45.4 Å². The third kappa shape index (κ3) is 5.77. The topological polar surface area (TPSA) is 88.9 Å². The lowest BCUT2D eigenvalue weighted by Crippen LogP contribution is -2.28. The van der Waals surface area contributed by atoms with Crippen LogP contribution in [-0.4, -0.2) is 32.3 Å². The second-order valence-electron chi connectivity index (χ2n) is 7.72. The van der Waals surface area contributed by atoms with Crippen molar-refractivity contribution in [1.29, 1.82) is 0 Å². The number of hydrogen-bond donors (Lipinski definition) is 2. The number of aromatic nitrogens is 3. The highest BCUT2D eigenvalue weighted by atomic mass is 79.9. The summed E-state index contributed by atoms with van der Waals surface area (Å²) in [4.78, 5) is 25.0. The third-order valence-corrected chi connectivity index (χ3v) is 6.46. The van der Waals surface area contributed by atoms with E-state index in [0.29, 0.717) is 16.5 Å². The fourth-order valence-electron chi connectivity index (χ4n) is 3.37. The average molecular weight is 516 g/mol. The molecule has 2 amide bonds. The van der Waals surface area contributed by atoms with Crippen LogP contribution in [0.1, 0.15) is 45.8 Å². The van der Waals surface area contributed by atoms with Crippen molar-refractivity contribution >= 4 is 45.2 Å². The Morgan fingerprint density at radius 2 is 1.81 bits per heavy atom. The number of rotatable bonds is 7. The summed E-state index contributed by atoms with van der Waals surface area (Å²) < 4.78 is 2.78. The molecule has 0 radical (unpaired) electrons. The standard InChI is InChI=1S/C23H26BrN5O2S/c1-13-7-6-8-17(9-13)22(31)25-16(4)21-27-28-23(29(21)5)32-12-19(30)26-20-14(2)10-18(24)11-15(20)3/h6-11,16H,12H2,1-5H3,(H,25,31)(H,26,30)/t16-/m0/s1. The van der Waals surface area contributed by atoms with Crippen LogP contribution >= 0.6 is 27.7 Å². The van der Waals surface area contributed by atoms with E-state index in [4.69, 9.17) is 0 Å². The highest BCUT2D eigenvalue weighted by Gasteiger charge is 2.19. The van der Waals surface area contributed by atoms with E-state index in [2.05, 4.69) is 36.8 Å². The smallest absolute Gasteiger partial charge is 0.251 e. The molecule has 2 N–H and O–H groups in total. The molecule has 7 nitrogen and oxygen atoms in total. The van der Waals surface area contributed by atoms with Gasteiger partial charge in [-0.3, -0.25) is 9.59 Å². The van der Waals surface area contributed by atoms with E-state index >= 15 is 0 Å². The van der Waals surface area contributed by atoms with Gasteiger partial charge in [0.15, 0.2) is 11.0 Å². The van der Waals surface area contributed by atoms with Crippen LogP contribution in [0.3, 0.4) is 0 Å². The van der Waals surface area contributed by atoms with E-state index in [9.17, 15) is 9.59 Å². The minimum atomic E-state index is -0.336. The van der Waals surface area contributed by atoms with Crippen LogP contribution in [0, 0.1) is 20.8 Å². The molecule has 168 valence electrons. The molecule has 2 aromatic carbocycles.